The largest absolute Gasteiger partial charge is 0.338 e. The number of para-hydroxylation sites is 1. The van der Waals surface area contributed by atoms with Crippen molar-refractivity contribution in [2.24, 2.45) is 0 Å². The molecule has 0 aliphatic heterocycles. The van der Waals surface area contributed by atoms with Gasteiger partial charge in [0.05, 0.1) is 32.8 Å². The van der Waals surface area contributed by atoms with E-state index in [1.807, 2.05) is 30.3 Å². The molecule has 3 heterocycles. The van der Waals surface area contributed by atoms with Crippen molar-refractivity contribution in [1.82, 2.24) is 25.4 Å². The molecule has 0 unspecified atom stereocenters. The zero-order valence-corrected chi connectivity index (χ0v) is 16.5. The topological polar surface area (TPSA) is 102 Å². The predicted octanol–water partition coefficient (Wildman–Crippen LogP) is 5.07. The molecule has 1 saturated carbocycles. The average Bonchev–Trinajstić information content (AvgIpc) is 3.40. The van der Waals surface area contributed by atoms with E-state index in [4.69, 9.17) is 16.6 Å². The second kappa shape index (κ2) is 6.47. The van der Waals surface area contributed by atoms with E-state index in [1.165, 1.54) is 12.8 Å². The van der Waals surface area contributed by atoms with Crippen LogP contribution in [0.4, 0.5) is 11.5 Å². The van der Waals surface area contributed by atoms with Gasteiger partial charge in [-0.15, -0.1) is 0 Å². The minimum atomic E-state index is -0.189. The Hall–Kier alpha value is -3.58. The average molecular weight is 417 g/mol. The summed E-state index contributed by atoms with van der Waals surface area (Å²) in [6.07, 6.45) is 2.42. The monoisotopic (exact) mass is 416 g/mol. The molecule has 2 aromatic carbocycles. The van der Waals surface area contributed by atoms with Gasteiger partial charge in [0.15, 0.2) is 5.82 Å². The van der Waals surface area contributed by atoms with E-state index < -0.39 is 0 Å². The summed E-state index contributed by atoms with van der Waals surface area (Å²) in [5.41, 5.74) is 4.73. The second-order valence-electron chi connectivity index (χ2n) is 7.64. The highest BCUT2D eigenvalue weighted by Gasteiger charge is 2.25. The number of H-pyrrole nitrogens is 3. The van der Waals surface area contributed by atoms with Crippen LogP contribution in [0.15, 0.2) is 53.3 Å². The first kappa shape index (κ1) is 17.3. The summed E-state index contributed by atoms with van der Waals surface area (Å²) in [6.45, 7) is 0. The molecule has 0 saturated heterocycles. The van der Waals surface area contributed by atoms with Crippen molar-refractivity contribution in [3.05, 3.63) is 69.6 Å². The number of halogens is 1. The van der Waals surface area contributed by atoms with Crippen molar-refractivity contribution in [3.8, 4) is 11.3 Å². The Balaban J connectivity index is 1.50. The number of benzene rings is 2. The number of pyridine rings is 1. The van der Waals surface area contributed by atoms with Gasteiger partial charge in [-0.25, -0.2) is 4.98 Å². The Morgan fingerprint density at radius 1 is 1.03 bits per heavy atom. The van der Waals surface area contributed by atoms with E-state index in [0.717, 1.165) is 28.1 Å². The van der Waals surface area contributed by atoms with Crippen molar-refractivity contribution in [2.45, 2.75) is 18.8 Å². The zero-order chi connectivity index (χ0) is 20.2. The van der Waals surface area contributed by atoms with Gasteiger partial charge >= 0.3 is 0 Å². The molecule has 6 rings (SSSR count). The Labute approximate surface area is 175 Å². The van der Waals surface area contributed by atoms with E-state index in [-0.39, 0.29) is 5.56 Å². The maximum Gasteiger partial charge on any atom is 0.271 e. The Bertz CT molecular complexity index is 1480. The minimum absolute atomic E-state index is 0.189. The minimum Gasteiger partial charge on any atom is -0.338 e. The summed E-state index contributed by atoms with van der Waals surface area (Å²) in [7, 11) is 0. The molecule has 30 heavy (non-hydrogen) atoms. The number of fused-ring (bicyclic) bond motifs is 2. The van der Waals surface area contributed by atoms with Crippen LogP contribution >= 0.6 is 11.6 Å². The number of rotatable bonds is 4. The molecular formula is C22H17ClN6O. The molecule has 0 spiro atoms. The number of nitrogens with one attached hydrogen (secondary N) is 4. The first-order valence-electron chi connectivity index (χ1n) is 9.78. The number of hydrogen-bond acceptors (Lipinski definition) is 4. The van der Waals surface area contributed by atoms with Gasteiger partial charge in [-0.3, -0.25) is 20.1 Å². The lowest BCUT2D eigenvalue weighted by Gasteiger charge is -2.11. The molecule has 1 aliphatic rings. The highest BCUT2D eigenvalue weighted by Crippen LogP contribution is 2.40. The van der Waals surface area contributed by atoms with Gasteiger partial charge in [0.1, 0.15) is 0 Å². The predicted molar refractivity (Wildman–Crippen MR) is 119 cm³/mol. The Morgan fingerprint density at radius 3 is 2.77 bits per heavy atom. The van der Waals surface area contributed by atoms with Crippen LogP contribution in [0.1, 0.15) is 24.5 Å². The van der Waals surface area contributed by atoms with Gasteiger partial charge in [0, 0.05) is 28.6 Å². The molecule has 148 valence electrons. The van der Waals surface area contributed by atoms with Gasteiger partial charge in [0.2, 0.25) is 0 Å². The summed E-state index contributed by atoms with van der Waals surface area (Å²) in [5, 5.41) is 18.4. The summed E-state index contributed by atoms with van der Waals surface area (Å²) >= 11 is 6.54. The third kappa shape index (κ3) is 2.86. The molecular weight excluding hydrogens is 400 g/mol. The van der Waals surface area contributed by atoms with Crippen molar-refractivity contribution in [3.63, 3.8) is 0 Å². The van der Waals surface area contributed by atoms with Crippen LogP contribution in [0.5, 0.6) is 0 Å². The number of nitrogens with zero attached hydrogens (tertiary/aromatic N) is 2. The maximum absolute atomic E-state index is 12.1. The van der Waals surface area contributed by atoms with Gasteiger partial charge < -0.3 is 5.32 Å². The van der Waals surface area contributed by atoms with E-state index in [1.54, 1.807) is 12.1 Å². The molecule has 3 aromatic heterocycles. The molecule has 7 nitrogen and oxygen atoms in total. The van der Waals surface area contributed by atoms with E-state index in [2.05, 4.69) is 31.8 Å². The molecule has 0 radical (unpaired) electrons. The van der Waals surface area contributed by atoms with Crippen LogP contribution in [0.3, 0.4) is 0 Å². The van der Waals surface area contributed by atoms with E-state index >= 15 is 0 Å². The fourth-order valence-electron chi connectivity index (χ4n) is 3.81. The first-order valence-corrected chi connectivity index (χ1v) is 10.2. The molecule has 0 bridgehead atoms. The van der Waals surface area contributed by atoms with E-state index in [0.29, 0.717) is 33.1 Å². The SMILES string of the molecule is O=c1[nH][nH]c2cc(Cl)c(-c3cc(Nc4cc(C5CC5)[nH]n4)c4ccccc4n3)cc12. The second-order valence-corrected chi connectivity index (χ2v) is 8.04. The van der Waals surface area contributed by atoms with Gasteiger partial charge in [0.25, 0.3) is 5.56 Å². The molecule has 1 fully saturated rings. The Kier molecular flexibility index (Phi) is 3.73. The number of aromatic nitrogens is 5. The summed E-state index contributed by atoms with van der Waals surface area (Å²) in [5.74, 6) is 1.37. The fourth-order valence-corrected chi connectivity index (χ4v) is 4.07. The normalized spacial score (nSPS) is 13.9. The number of hydrogen-bond donors (Lipinski definition) is 4. The first-order chi connectivity index (χ1) is 14.7. The fraction of sp³-hybridized carbons (Fsp3) is 0.136. The zero-order valence-electron chi connectivity index (χ0n) is 15.8. The molecule has 1 aliphatic carbocycles. The van der Waals surface area contributed by atoms with Crippen molar-refractivity contribution < 1.29 is 0 Å². The smallest absolute Gasteiger partial charge is 0.271 e. The maximum atomic E-state index is 12.1. The van der Waals surface area contributed by atoms with Gasteiger partial charge in [-0.1, -0.05) is 29.8 Å². The summed E-state index contributed by atoms with van der Waals surface area (Å²) < 4.78 is 0. The number of anilines is 2. The molecule has 4 N–H and O–H groups in total. The number of aromatic amines is 3. The Morgan fingerprint density at radius 2 is 1.90 bits per heavy atom. The third-order valence-corrected chi connectivity index (χ3v) is 5.84. The lowest BCUT2D eigenvalue weighted by Crippen LogP contribution is -1.98. The standard InChI is InChI=1S/C22H17ClN6O/c23-15-8-20-14(22(30)29-27-20)7-13(15)19-9-18(12-3-1-2-4-16(12)24-19)25-21-10-17(26-28-21)11-5-6-11/h1-4,7-11H,5-6H2,(H2,27,29,30)(H2,24,25,26,28). The van der Waals surface area contributed by atoms with Crippen molar-refractivity contribution in [2.75, 3.05) is 5.32 Å². The van der Waals surface area contributed by atoms with Crippen molar-refractivity contribution in [1.29, 1.82) is 0 Å². The van der Waals surface area contributed by atoms with Crippen LogP contribution < -0.4 is 10.9 Å². The molecule has 5 aromatic rings. The lowest BCUT2D eigenvalue weighted by atomic mass is 10.1. The van der Waals surface area contributed by atoms with Gasteiger partial charge in [-0.2, -0.15) is 5.10 Å². The third-order valence-electron chi connectivity index (χ3n) is 5.53. The van der Waals surface area contributed by atoms with Crippen molar-refractivity contribution >= 4 is 44.9 Å². The quantitative estimate of drug-likeness (QED) is 0.328. The van der Waals surface area contributed by atoms with E-state index in [9.17, 15) is 4.79 Å². The highest BCUT2D eigenvalue weighted by molar-refractivity contribution is 6.34. The molecule has 0 amide bonds. The molecule has 8 heteroatoms. The summed E-state index contributed by atoms with van der Waals surface area (Å²) in [6, 6.07) is 15.4. The van der Waals surface area contributed by atoms with Gasteiger partial charge in [-0.05, 0) is 37.1 Å². The van der Waals surface area contributed by atoms with Crippen LogP contribution in [-0.2, 0) is 0 Å². The molecule has 0 atom stereocenters. The van der Waals surface area contributed by atoms with Crippen LogP contribution in [0, 0.1) is 0 Å². The highest BCUT2D eigenvalue weighted by atomic mass is 35.5. The lowest BCUT2D eigenvalue weighted by molar-refractivity contribution is 0.967. The van der Waals surface area contributed by atoms with Crippen LogP contribution in [0.2, 0.25) is 5.02 Å². The summed E-state index contributed by atoms with van der Waals surface area (Å²) in [4.78, 5) is 16.9. The van der Waals surface area contributed by atoms with Crippen LogP contribution in [0.25, 0.3) is 33.1 Å². The van der Waals surface area contributed by atoms with Crippen LogP contribution in [-0.4, -0.2) is 25.4 Å².